The Morgan fingerprint density at radius 1 is 1.21 bits per heavy atom. The number of benzene rings is 1. The topological polar surface area (TPSA) is 45.7 Å². The van der Waals surface area contributed by atoms with Crippen molar-refractivity contribution in [1.82, 2.24) is 10.6 Å². The number of thiophene rings is 1. The minimum Gasteiger partial charge on any atom is -0.490 e. The SMILES string of the molecule is CN=C(NCc1ccsc1)NCc1ccccc1OC1CCC1.I. The Bertz CT molecular complexity index is 641. The fourth-order valence-corrected chi connectivity index (χ4v) is 3.08. The first-order valence-corrected chi connectivity index (χ1v) is 8.99. The fourth-order valence-electron chi connectivity index (χ4n) is 2.41. The number of aliphatic imine (C=N–C) groups is 1. The van der Waals surface area contributed by atoms with E-state index in [2.05, 4.69) is 44.6 Å². The van der Waals surface area contributed by atoms with Crippen LogP contribution in [0, 0.1) is 0 Å². The number of guanidine groups is 1. The van der Waals surface area contributed by atoms with Gasteiger partial charge >= 0.3 is 0 Å². The molecule has 0 spiro atoms. The van der Waals surface area contributed by atoms with E-state index in [0.717, 1.165) is 23.8 Å². The summed E-state index contributed by atoms with van der Waals surface area (Å²) in [6.07, 6.45) is 4.02. The first-order chi connectivity index (χ1) is 11.3. The Kier molecular flexibility index (Phi) is 7.84. The van der Waals surface area contributed by atoms with Crippen molar-refractivity contribution in [2.75, 3.05) is 7.05 Å². The fraction of sp³-hybridized carbons (Fsp3) is 0.389. The van der Waals surface area contributed by atoms with Gasteiger partial charge in [0, 0.05) is 25.7 Å². The number of nitrogens with zero attached hydrogens (tertiary/aromatic N) is 1. The van der Waals surface area contributed by atoms with Crippen LogP contribution >= 0.6 is 35.3 Å². The molecule has 1 heterocycles. The van der Waals surface area contributed by atoms with Crippen LogP contribution in [0.25, 0.3) is 0 Å². The van der Waals surface area contributed by atoms with E-state index in [4.69, 9.17) is 4.74 Å². The number of hydrogen-bond donors (Lipinski definition) is 2. The maximum absolute atomic E-state index is 6.07. The second-order valence-electron chi connectivity index (χ2n) is 5.69. The average Bonchev–Trinajstić information content (AvgIpc) is 3.05. The van der Waals surface area contributed by atoms with E-state index in [9.17, 15) is 0 Å². The minimum atomic E-state index is 0. The van der Waals surface area contributed by atoms with Crippen LogP contribution in [0.15, 0.2) is 46.1 Å². The predicted molar refractivity (Wildman–Crippen MR) is 111 cm³/mol. The molecule has 1 saturated carbocycles. The van der Waals surface area contributed by atoms with Gasteiger partial charge in [0.1, 0.15) is 5.75 Å². The van der Waals surface area contributed by atoms with Gasteiger partial charge in [-0.15, -0.1) is 24.0 Å². The summed E-state index contributed by atoms with van der Waals surface area (Å²) in [5.41, 5.74) is 2.43. The van der Waals surface area contributed by atoms with Crippen molar-refractivity contribution in [3.63, 3.8) is 0 Å². The van der Waals surface area contributed by atoms with Crippen LogP contribution in [0.1, 0.15) is 30.4 Å². The summed E-state index contributed by atoms with van der Waals surface area (Å²) in [6, 6.07) is 10.4. The van der Waals surface area contributed by atoms with Gasteiger partial charge < -0.3 is 15.4 Å². The van der Waals surface area contributed by atoms with Gasteiger partial charge in [-0.3, -0.25) is 4.99 Å². The Morgan fingerprint density at radius 3 is 2.67 bits per heavy atom. The molecule has 1 aromatic heterocycles. The zero-order valence-electron chi connectivity index (χ0n) is 13.8. The van der Waals surface area contributed by atoms with Gasteiger partial charge in [0.2, 0.25) is 0 Å². The Hall–Kier alpha value is -1.28. The molecule has 0 amide bonds. The Balaban J connectivity index is 0.00000208. The molecule has 3 rings (SSSR count). The lowest BCUT2D eigenvalue weighted by molar-refractivity contribution is 0.119. The van der Waals surface area contributed by atoms with Gasteiger partial charge in [-0.1, -0.05) is 18.2 Å². The van der Waals surface area contributed by atoms with E-state index in [1.165, 1.54) is 24.8 Å². The minimum absolute atomic E-state index is 0. The maximum atomic E-state index is 6.07. The van der Waals surface area contributed by atoms with Crippen molar-refractivity contribution in [2.24, 2.45) is 4.99 Å². The van der Waals surface area contributed by atoms with E-state index in [-0.39, 0.29) is 24.0 Å². The van der Waals surface area contributed by atoms with Gasteiger partial charge in [0.15, 0.2) is 5.96 Å². The summed E-state index contributed by atoms with van der Waals surface area (Å²) in [6.45, 7) is 1.48. The smallest absolute Gasteiger partial charge is 0.191 e. The first kappa shape index (κ1) is 19.1. The lowest BCUT2D eigenvalue weighted by Crippen LogP contribution is -2.36. The van der Waals surface area contributed by atoms with Crippen LogP contribution in [-0.2, 0) is 13.1 Å². The highest BCUT2D eigenvalue weighted by Gasteiger charge is 2.20. The highest BCUT2D eigenvalue weighted by molar-refractivity contribution is 14.0. The second kappa shape index (κ2) is 9.88. The molecule has 2 aromatic rings. The Labute approximate surface area is 164 Å². The molecule has 0 saturated heterocycles. The van der Waals surface area contributed by atoms with Crippen molar-refractivity contribution < 1.29 is 4.74 Å². The lowest BCUT2D eigenvalue weighted by atomic mass is 9.96. The summed E-state index contributed by atoms with van der Waals surface area (Å²) in [7, 11) is 1.79. The molecule has 6 heteroatoms. The van der Waals surface area contributed by atoms with Crippen molar-refractivity contribution in [1.29, 1.82) is 0 Å². The number of rotatable bonds is 6. The zero-order valence-corrected chi connectivity index (χ0v) is 17.0. The van der Waals surface area contributed by atoms with E-state index in [0.29, 0.717) is 12.6 Å². The van der Waals surface area contributed by atoms with Crippen molar-refractivity contribution in [3.8, 4) is 5.75 Å². The van der Waals surface area contributed by atoms with Gasteiger partial charge in [-0.25, -0.2) is 0 Å². The van der Waals surface area contributed by atoms with Gasteiger partial charge in [0.05, 0.1) is 6.10 Å². The number of hydrogen-bond acceptors (Lipinski definition) is 3. The largest absolute Gasteiger partial charge is 0.490 e. The summed E-state index contributed by atoms with van der Waals surface area (Å²) < 4.78 is 6.07. The summed E-state index contributed by atoms with van der Waals surface area (Å²) in [5.74, 6) is 1.78. The molecular formula is C18H24IN3OS. The third-order valence-corrected chi connectivity index (χ3v) is 4.76. The molecule has 1 aromatic carbocycles. The molecule has 1 aliphatic rings. The number of nitrogens with one attached hydrogen (secondary N) is 2. The molecule has 1 fully saturated rings. The number of para-hydroxylation sites is 1. The summed E-state index contributed by atoms with van der Waals surface area (Å²) in [5, 5.41) is 10.9. The summed E-state index contributed by atoms with van der Waals surface area (Å²) >= 11 is 1.71. The average molecular weight is 457 g/mol. The molecule has 2 N–H and O–H groups in total. The normalized spacial score (nSPS) is 14.5. The standard InChI is InChI=1S/C18H23N3OS.HI/c1-19-18(20-11-14-9-10-23-13-14)21-12-15-5-2-3-8-17(15)22-16-6-4-7-16;/h2-3,5,8-10,13,16H,4,6-7,11-12H2,1H3,(H2,19,20,21);1H. The molecule has 0 bridgehead atoms. The highest BCUT2D eigenvalue weighted by Crippen LogP contribution is 2.27. The number of ether oxygens (including phenoxy) is 1. The monoisotopic (exact) mass is 457 g/mol. The van der Waals surface area contributed by atoms with Crippen molar-refractivity contribution >= 4 is 41.3 Å². The van der Waals surface area contributed by atoms with Gasteiger partial charge in [-0.05, 0) is 47.7 Å². The molecule has 0 radical (unpaired) electrons. The molecule has 0 aliphatic heterocycles. The van der Waals surface area contributed by atoms with Crippen LogP contribution in [0.3, 0.4) is 0 Å². The van der Waals surface area contributed by atoms with E-state index in [1.54, 1.807) is 18.4 Å². The highest BCUT2D eigenvalue weighted by atomic mass is 127. The maximum Gasteiger partial charge on any atom is 0.191 e. The van der Waals surface area contributed by atoms with Crippen LogP contribution in [0.4, 0.5) is 0 Å². The van der Waals surface area contributed by atoms with Crippen molar-refractivity contribution in [2.45, 2.75) is 38.5 Å². The molecule has 4 nitrogen and oxygen atoms in total. The molecule has 24 heavy (non-hydrogen) atoms. The lowest BCUT2D eigenvalue weighted by Gasteiger charge is -2.27. The van der Waals surface area contributed by atoms with Crippen LogP contribution in [-0.4, -0.2) is 19.1 Å². The zero-order chi connectivity index (χ0) is 15.9. The molecule has 130 valence electrons. The quantitative estimate of drug-likeness (QED) is 0.389. The molecule has 1 aliphatic carbocycles. The molecule has 0 atom stereocenters. The van der Waals surface area contributed by atoms with Crippen LogP contribution in [0.5, 0.6) is 5.75 Å². The van der Waals surface area contributed by atoms with E-state index < -0.39 is 0 Å². The van der Waals surface area contributed by atoms with E-state index in [1.807, 2.05) is 12.1 Å². The third kappa shape index (κ3) is 5.37. The first-order valence-electron chi connectivity index (χ1n) is 8.05. The summed E-state index contributed by atoms with van der Waals surface area (Å²) in [4.78, 5) is 4.28. The van der Waals surface area contributed by atoms with Crippen LogP contribution in [0.2, 0.25) is 0 Å². The second-order valence-corrected chi connectivity index (χ2v) is 6.47. The number of halogens is 1. The third-order valence-electron chi connectivity index (χ3n) is 4.03. The molecule has 0 unspecified atom stereocenters. The van der Waals surface area contributed by atoms with Gasteiger partial charge in [-0.2, -0.15) is 11.3 Å². The Morgan fingerprint density at radius 2 is 2.00 bits per heavy atom. The molecular weight excluding hydrogens is 433 g/mol. The predicted octanol–water partition coefficient (Wildman–Crippen LogP) is 4.16. The van der Waals surface area contributed by atoms with Crippen molar-refractivity contribution in [3.05, 3.63) is 52.2 Å². The van der Waals surface area contributed by atoms with E-state index >= 15 is 0 Å². The van der Waals surface area contributed by atoms with Gasteiger partial charge in [0.25, 0.3) is 0 Å². The van der Waals surface area contributed by atoms with Crippen LogP contribution < -0.4 is 15.4 Å².